The van der Waals surface area contributed by atoms with Crippen LogP contribution in [0.4, 0.5) is 5.69 Å². The van der Waals surface area contributed by atoms with Gasteiger partial charge in [0.2, 0.25) is 5.91 Å². The van der Waals surface area contributed by atoms with Crippen LogP contribution in [0.5, 0.6) is 0 Å². The van der Waals surface area contributed by atoms with E-state index >= 15 is 0 Å². The summed E-state index contributed by atoms with van der Waals surface area (Å²) in [4.78, 5) is 24.9. The maximum absolute atomic E-state index is 11.9. The third-order valence-electron chi connectivity index (χ3n) is 3.30. The number of benzene rings is 1. The van der Waals surface area contributed by atoms with Gasteiger partial charge < -0.3 is 9.64 Å². The smallest absolute Gasteiger partial charge is 0.311 e. The van der Waals surface area contributed by atoms with E-state index < -0.39 is 5.92 Å². The lowest BCUT2D eigenvalue weighted by molar-refractivity contribution is -0.145. The van der Waals surface area contributed by atoms with Crippen LogP contribution in [-0.2, 0) is 14.3 Å². The second-order valence-corrected chi connectivity index (χ2v) is 4.54. The number of nitriles is 1. The van der Waals surface area contributed by atoms with Crippen molar-refractivity contribution in [3.63, 3.8) is 0 Å². The number of rotatable bonds is 2. The zero-order chi connectivity index (χ0) is 14.0. The Morgan fingerprint density at radius 3 is 2.84 bits per heavy atom. The molecule has 0 aliphatic carbocycles. The molecule has 1 saturated heterocycles. The average molecular weight is 258 g/mol. The predicted molar refractivity (Wildman–Crippen MR) is 68.4 cm³/mol. The third kappa shape index (κ3) is 2.43. The molecule has 1 atom stereocenters. The van der Waals surface area contributed by atoms with Crippen LogP contribution < -0.4 is 4.90 Å². The Morgan fingerprint density at radius 2 is 2.26 bits per heavy atom. The molecule has 1 amide bonds. The molecule has 0 radical (unpaired) electrons. The van der Waals surface area contributed by atoms with E-state index in [0.717, 1.165) is 5.56 Å². The van der Waals surface area contributed by atoms with E-state index in [1.165, 1.54) is 7.11 Å². The first-order chi connectivity index (χ1) is 9.06. The van der Waals surface area contributed by atoms with Gasteiger partial charge in [-0.1, -0.05) is 0 Å². The molecule has 0 bridgehead atoms. The number of carbonyl (C=O) groups excluding carboxylic acids is 2. The highest BCUT2D eigenvalue weighted by molar-refractivity contribution is 5.99. The number of methoxy groups -OCH3 is 1. The maximum Gasteiger partial charge on any atom is 0.311 e. The lowest BCUT2D eigenvalue weighted by atomic mass is 10.1. The van der Waals surface area contributed by atoms with Crippen LogP contribution in [-0.4, -0.2) is 25.5 Å². The molecule has 5 nitrogen and oxygen atoms in total. The fourth-order valence-corrected chi connectivity index (χ4v) is 2.22. The van der Waals surface area contributed by atoms with Gasteiger partial charge in [-0.2, -0.15) is 5.26 Å². The van der Waals surface area contributed by atoms with Crippen molar-refractivity contribution < 1.29 is 14.3 Å². The molecule has 1 aliphatic rings. The van der Waals surface area contributed by atoms with E-state index in [2.05, 4.69) is 10.8 Å². The molecular weight excluding hydrogens is 244 g/mol. The van der Waals surface area contributed by atoms with Crippen LogP contribution in [0.15, 0.2) is 18.2 Å². The molecule has 0 spiro atoms. The molecule has 1 unspecified atom stereocenters. The van der Waals surface area contributed by atoms with Gasteiger partial charge in [0.05, 0.1) is 24.7 Å². The number of anilines is 1. The van der Waals surface area contributed by atoms with Gasteiger partial charge >= 0.3 is 5.97 Å². The first-order valence-electron chi connectivity index (χ1n) is 5.95. The maximum atomic E-state index is 11.9. The molecular formula is C14H14N2O3. The van der Waals surface area contributed by atoms with E-state index in [1.54, 1.807) is 23.1 Å². The van der Waals surface area contributed by atoms with Gasteiger partial charge in [0.25, 0.3) is 0 Å². The first-order valence-corrected chi connectivity index (χ1v) is 5.95. The Bertz CT molecular complexity index is 575. The van der Waals surface area contributed by atoms with Crippen LogP contribution in [0.1, 0.15) is 17.5 Å². The zero-order valence-corrected chi connectivity index (χ0v) is 10.8. The summed E-state index contributed by atoms with van der Waals surface area (Å²) in [6, 6.07) is 7.28. The van der Waals surface area contributed by atoms with Gasteiger partial charge in [0.15, 0.2) is 0 Å². The van der Waals surface area contributed by atoms with E-state index in [9.17, 15) is 9.59 Å². The summed E-state index contributed by atoms with van der Waals surface area (Å²) in [6.45, 7) is 2.15. The number of aryl methyl sites for hydroxylation is 1. The summed E-state index contributed by atoms with van der Waals surface area (Å²) in [5.74, 6) is -0.867. The number of hydrogen-bond acceptors (Lipinski definition) is 4. The molecule has 5 heteroatoms. The quantitative estimate of drug-likeness (QED) is 0.752. The molecule has 1 aromatic rings. The number of hydrogen-bond donors (Lipinski definition) is 0. The number of amides is 1. The van der Waals surface area contributed by atoms with Gasteiger partial charge in [-0.15, -0.1) is 0 Å². The Hall–Kier alpha value is -2.35. The Morgan fingerprint density at radius 1 is 1.53 bits per heavy atom. The predicted octanol–water partition coefficient (Wildman–Crippen LogP) is 1.39. The van der Waals surface area contributed by atoms with Gasteiger partial charge in [-0.05, 0) is 30.7 Å². The summed E-state index contributed by atoms with van der Waals surface area (Å²) < 4.78 is 4.67. The molecule has 0 aromatic heterocycles. The third-order valence-corrected chi connectivity index (χ3v) is 3.30. The lowest BCUT2D eigenvalue weighted by Crippen LogP contribution is -2.26. The van der Waals surface area contributed by atoms with Crippen molar-refractivity contribution in [2.24, 2.45) is 5.92 Å². The largest absolute Gasteiger partial charge is 0.469 e. The fourth-order valence-electron chi connectivity index (χ4n) is 2.22. The molecule has 1 aromatic carbocycles. The second-order valence-electron chi connectivity index (χ2n) is 4.54. The Kier molecular flexibility index (Phi) is 3.52. The van der Waals surface area contributed by atoms with Crippen LogP contribution in [0.2, 0.25) is 0 Å². The Labute approximate surface area is 111 Å². The van der Waals surface area contributed by atoms with Crippen molar-refractivity contribution in [2.75, 3.05) is 18.6 Å². The molecule has 19 heavy (non-hydrogen) atoms. The number of nitrogens with zero attached hydrogens (tertiary/aromatic N) is 2. The summed E-state index contributed by atoms with van der Waals surface area (Å²) in [5.41, 5.74) is 2.11. The highest BCUT2D eigenvalue weighted by Gasteiger charge is 2.35. The van der Waals surface area contributed by atoms with E-state index in [1.807, 2.05) is 6.92 Å². The van der Waals surface area contributed by atoms with E-state index in [-0.39, 0.29) is 18.3 Å². The van der Waals surface area contributed by atoms with Crippen molar-refractivity contribution >= 4 is 17.6 Å². The summed E-state index contributed by atoms with van der Waals surface area (Å²) in [6.07, 6.45) is 0.172. The van der Waals surface area contributed by atoms with E-state index in [0.29, 0.717) is 17.8 Å². The van der Waals surface area contributed by atoms with Gasteiger partial charge in [0, 0.05) is 18.7 Å². The molecule has 1 aliphatic heterocycles. The molecule has 1 heterocycles. The first kappa shape index (κ1) is 13.1. The van der Waals surface area contributed by atoms with Crippen molar-refractivity contribution in [3.05, 3.63) is 29.3 Å². The molecule has 1 fully saturated rings. The highest BCUT2D eigenvalue weighted by atomic mass is 16.5. The number of carbonyl (C=O) groups is 2. The van der Waals surface area contributed by atoms with Crippen molar-refractivity contribution in [1.29, 1.82) is 5.26 Å². The van der Waals surface area contributed by atoms with Crippen molar-refractivity contribution in [1.82, 2.24) is 0 Å². The standard InChI is InChI=1S/C14H14N2O3/c1-9-5-12(4-3-10(9)7-15)16-8-11(6-13(16)17)14(18)19-2/h3-5,11H,6,8H2,1-2H3. The van der Waals surface area contributed by atoms with Gasteiger partial charge in [-0.25, -0.2) is 0 Å². The van der Waals surface area contributed by atoms with Crippen LogP contribution in [0.25, 0.3) is 0 Å². The van der Waals surface area contributed by atoms with Crippen molar-refractivity contribution in [2.45, 2.75) is 13.3 Å². The molecule has 0 saturated carbocycles. The highest BCUT2D eigenvalue weighted by Crippen LogP contribution is 2.27. The van der Waals surface area contributed by atoms with Gasteiger partial charge in [0.1, 0.15) is 0 Å². The zero-order valence-electron chi connectivity index (χ0n) is 10.8. The average Bonchev–Trinajstić information content (AvgIpc) is 2.80. The Balaban J connectivity index is 2.24. The van der Waals surface area contributed by atoms with E-state index in [4.69, 9.17) is 5.26 Å². The minimum Gasteiger partial charge on any atom is -0.469 e. The monoisotopic (exact) mass is 258 g/mol. The fraction of sp³-hybridized carbons (Fsp3) is 0.357. The van der Waals surface area contributed by atoms with Crippen LogP contribution in [0.3, 0.4) is 0 Å². The molecule has 98 valence electrons. The minimum absolute atomic E-state index is 0.0977. The van der Waals surface area contributed by atoms with Crippen LogP contribution >= 0.6 is 0 Å². The molecule has 2 rings (SSSR count). The normalized spacial score (nSPS) is 18.3. The topological polar surface area (TPSA) is 70.4 Å². The summed E-state index contributed by atoms with van der Waals surface area (Å²) in [5, 5.41) is 8.88. The SMILES string of the molecule is COC(=O)C1CC(=O)N(c2ccc(C#N)c(C)c2)C1. The summed E-state index contributed by atoms with van der Waals surface area (Å²) >= 11 is 0. The number of esters is 1. The van der Waals surface area contributed by atoms with Crippen molar-refractivity contribution in [3.8, 4) is 6.07 Å². The number of ether oxygens (including phenoxy) is 1. The summed E-state index contributed by atoms with van der Waals surface area (Å²) in [7, 11) is 1.32. The molecule has 0 N–H and O–H groups in total. The van der Waals surface area contributed by atoms with Crippen LogP contribution in [0, 0.1) is 24.2 Å². The minimum atomic E-state index is -0.409. The lowest BCUT2D eigenvalue weighted by Gasteiger charge is -2.17. The van der Waals surface area contributed by atoms with Gasteiger partial charge in [-0.3, -0.25) is 9.59 Å². The second kappa shape index (κ2) is 5.11.